The summed E-state index contributed by atoms with van der Waals surface area (Å²) >= 11 is 0. The Bertz CT molecular complexity index is 1650. The predicted molar refractivity (Wildman–Crippen MR) is 403 cm³/mol. The topological polar surface area (TPSA) is 264 Å². The number of hydrogen-bond acceptors (Lipinski definition) is 12. The second kappa shape index (κ2) is 78.1. The third-order valence-corrected chi connectivity index (χ3v) is 18.1. The molecule has 97 heavy (non-hydrogen) atoms. The molecule has 0 fully saturated rings. The number of rotatable bonds is 72. The first-order valence-electron chi connectivity index (χ1n) is 40.3. The maximum absolute atomic E-state index is 12.3. The fraction of sp³-hybridized carbons (Fsp3) is 0.831. The molecule has 0 rings (SSSR count). The van der Waals surface area contributed by atoms with Crippen molar-refractivity contribution in [1.29, 1.82) is 0 Å². The van der Waals surface area contributed by atoms with Crippen LogP contribution in [-0.4, -0.2) is 113 Å². The summed E-state index contributed by atoms with van der Waals surface area (Å²) in [6, 6.07) is 0. The molecule has 0 bridgehead atoms. The van der Waals surface area contributed by atoms with Crippen molar-refractivity contribution >= 4 is 35.1 Å². The van der Waals surface area contributed by atoms with Crippen molar-refractivity contribution in [3.63, 3.8) is 0 Å². The van der Waals surface area contributed by atoms with Crippen molar-refractivity contribution in [3.8, 4) is 0 Å². The SMILES string of the molecule is CCCCCCCC/C=C\CCCCCCCC(=O)C(O)C(O)C(O)C(=O)CCCCCCC/C=C\CCCCCCCC.CCCCCCCC/C=C\CCCCCCCC(=O)C(O)C(O)C(O)C(=O)CCCCCCC/C=C\CCCCCCCC.O=C(O)CCCC(=O)O. The molecular weight excluding hydrogens is 1220 g/mol. The van der Waals surface area contributed by atoms with Crippen molar-refractivity contribution in [1.82, 2.24) is 0 Å². The molecule has 0 amide bonds. The first-order chi connectivity index (χ1) is 47.0. The van der Waals surface area contributed by atoms with Gasteiger partial charge in [-0.25, -0.2) is 0 Å². The summed E-state index contributed by atoms with van der Waals surface area (Å²) in [6.45, 7) is 8.99. The number of carbonyl (C=O) groups is 6. The second-order valence-corrected chi connectivity index (χ2v) is 27.6. The Morgan fingerprint density at radius 3 is 0.505 bits per heavy atom. The monoisotopic (exact) mass is 1370 g/mol. The third kappa shape index (κ3) is 72.0. The zero-order chi connectivity index (χ0) is 72.3. The number of allylic oxidation sites excluding steroid dienone is 8. The minimum absolute atomic E-state index is 0.0632. The largest absolute Gasteiger partial charge is 0.481 e. The maximum atomic E-state index is 12.3. The van der Waals surface area contributed by atoms with Gasteiger partial charge in [-0.1, -0.05) is 282 Å². The van der Waals surface area contributed by atoms with E-state index < -0.39 is 71.7 Å². The van der Waals surface area contributed by atoms with Crippen molar-refractivity contribution in [3.05, 3.63) is 48.6 Å². The van der Waals surface area contributed by atoms with E-state index in [9.17, 15) is 59.4 Å². The number of aliphatic hydroxyl groups is 6. The van der Waals surface area contributed by atoms with Crippen LogP contribution in [0, 0.1) is 0 Å². The Balaban J connectivity index is -0.00000161. The van der Waals surface area contributed by atoms with Gasteiger partial charge in [0.15, 0.2) is 23.1 Å². The van der Waals surface area contributed by atoms with E-state index in [1.54, 1.807) is 0 Å². The highest BCUT2D eigenvalue weighted by Gasteiger charge is 2.34. The number of unbranched alkanes of at least 4 members (excludes halogenated alkanes) is 44. The van der Waals surface area contributed by atoms with E-state index in [-0.39, 0.29) is 44.9 Å². The standard InChI is InChI=1S/2C39H72O5.C5H8O4/c2*1-3-5-7-9-11-13-15-17-19-21-23-25-27-29-31-33-35(40)37(42)39(44)38(43)36(41)34-32-30-28-26-24-22-20-18-16-14-12-10-8-6-4-2;6-4(7)2-1-3-5(8)9/h2*17-20,37-39,42-44H,3-16,21-34H2,1-2H3;1-3H2,(H,6,7)(H,8,9)/b2*19-17-,20-18-;. The van der Waals surface area contributed by atoms with Gasteiger partial charge in [0, 0.05) is 38.5 Å². The van der Waals surface area contributed by atoms with Crippen LogP contribution in [0.15, 0.2) is 48.6 Å². The fourth-order valence-corrected chi connectivity index (χ4v) is 11.6. The van der Waals surface area contributed by atoms with Gasteiger partial charge in [-0.15, -0.1) is 0 Å². The molecule has 0 aromatic heterocycles. The van der Waals surface area contributed by atoms with E-state index in [0.29, 0.717) is 25.7 Å². The van der Waals surface area contributed by atoms with Crippen molar-refractivity contribution in [2.24, 2.45) is 0 Å². The molecule has 0 heterocycles. The van der Waals surface area contributed by atoms with Gasteiger partial charge in [0.05, 0.1) is 0 Å². The Hall–Kier alpha value is -3.66. The average Bonchev–Trinajstić information content (AvgIpc) is 1.21. The molecule has 0 aliphatic carbocycles. The van der Waals surface area contributed by atoms with E-state index in [1.165, 1.54) is 180 Å². The number of carboxylic acid groups (broad SMARTS) is 2. The zero-order valence-electron chi connectivity index (χ0n) is 62.8. The first-order valence-corrected chi connectivity index (χ1v) is 40.3. The van der Waals surface area contributed by atoms with Crippen LogP contribution in [0.1, 0.15) is 407 Å². The van der Waals surface area contributed by atoms with Gasteiger partial charge < -0.3 is 40.9 Å². The number of carbonyl (C=O) groups excluding carboxylic acids is 4. The Labute approximate surface area is 593 Å². The fourth-order valence-electron chi connectivity index (χ4n) is 11.6. The molecule has 4 atom stereocenters. The van der Waals surface area contributed by atoms with E-state index in [1.807, 2.05) is 0 Å². The number of hydrogen-bond donors (Lipinski definition) is 8. The van der Waals surface area contributed by atoms with Crippen molar-refractivity contribution < 1.29 is 69.6 Å². The molecule has 0 aromatic rings. The lowest BCUT2D eigenvalue weighted by atomic mass is 9.95. The van der Waals surface area contributed by atoms with Gasteiger partial charge in [0.2, 0.25) is 0 Å². The van der Waals surface area contributed by atoms with Gasteiger partial charge in [-0.3, -0.25) is 28.8 Å². The van der Waals surface area contributed by atoms with Crippen molar-refractivity contribution in [2.45, 2.75) is 443 Å². The van der Waals surface area contributed by atoms with Crippen LogP contribution >= 0.6 is 0 Å². The summed E-state index contributed by atoms with van der Waals surface area (Å²) in [7, 11) is 0. The summed E-state index contributed by atoms with van der Waals surface area (Å²) in [5.74, 6) is -3.88. The van der Waals surface area contributed by atoms with Crippen molar-refractivity contribution in [2.75, 3.05) is 0 Å². The Morgan fingerprint density at radius 2 is 0.351 bits per heavy atom. The summed E-state index contributed by atoms with van der Waals surface area (Å²) in [6.07, 6.45) is 69.3. The van der Waals surface area contributed by atoms with Crippen LogP contribution in [0.4, 0.5) is 0 Å². The van der Waals surface area contributed by atoms with Gasteiger partial charge in [-0.2, -0.15) is 0 Å². The smallest absolute Gasteiger partial charge is 0.303 e. The van der Waals surface area contributed by atoms with Crippen LogP contribution in [0.2, 0.25) is 0 Å². The molecule has 0 radical (unpaired) electrons. The van der Waals surface area contributed by atoms with Crippen LogP contribution in [0.3, 0.4) is 0 Å². The van der Waals surface area contributed by atoms with Gasteiger partial charge >= 0.3 is 11.9 Å². The average molecular weight is 1370 g/mol. The summed E-state index contributed by atoms with van der Waals surface area (Å²) in [5, 5.41) is 77.3. The van der Waals surface area contributed by atoms with E-state index in [4.69, 9.17) is 10.2 Å². The molecule has 0 saturated carbocycles. The molecule has 0 saturated heterocycles. The second-order valence-electron chi connectivity index (χ2n) is 27.6. The lowest BCUT2D eigenvalue weighted by Gasteiger charge is -2.21. The lowest BCUT2D eigenvalue weighted by Crippen LogP contribution is -2.45. The Kier molecular flexibility index (Phi) is 78.5. The number of aliphatic carboxylic acids is 2. The lowest BCUT2D eigenvalue weighted by molar-refractivity contribution is -0.148. The van der Waals surface area contributed by atoms with Gasteiger partial charge in [0.25, 0.3) is 0 Å². The summed E-state index contributed by atoms with van der Waals surface area (Å²) in [5.41, 5.74) is 0. The molecule has 14 heteroatoms. The highest BCUT2D eigenvalue weighted by Crippen LogP contribution is 2.19. The molecule has 0 aliphatic rings. The number of Topliss-reactive ketones (excluding diaryl/α,β-unsaturated/α-hetero) is 4. The number of carboxylic acids is 2. The molecule has 14 nitrogen and oxygen atoms in total. The molecule has 568 valence electrons. The molecule has 0 aliphatic heterocycles. The molecule has 4 unspecified atom stereocenters. The Morgan fingerprint density at radius 1 is 0.206 bits per heavy atom. The quantitative estimate of drug-likeness (QED) is 0.0208. The summed E-state index contributed by atoms with van der Waals surface area (Å²) in [4.78, 5) is 68.8. The van der Waals surface area contributed by atoms with Gasteiger partial charge in [0.1, 0.15) is 36.6 Å². The first kappa shape index (κ1) is 97.5. The minimum atomic E-state index is -1.75. The van der Waals surface area contributed by atoms with Gasteiger partial charge in [-0.05, 0) is 135 Å². The molecular formula is C83H152O14. The predicted octanol–water partition coefficient (Wildman–Crippen LogP) is 20.9. The minimum Gasteiger partial charge on any atom is -0.481 e. The maximum Gasteiger partial charge on any atom is 0.303 e. The molecule has 8 N–H and O–H groups in total. The van der Waals surface area contributed by atoms with Crippen LogP contribution < -0.4 is 0 Å². The molecule has 0 spiro atoms. The summed E-state index contributed by atoms with van der Waals surface area (Å²) < 4.78 is 0. The van der Waals surface area contributed by atoms with Crippen LogP contribution in [-0.2, 0) is 28.8 Å². The van der Waals surface area contributed by atoms with Crippen LogP contribution in [0.25, 0.3) is 0 Å². The van der Waals surface area contributed by atoms with E-state index in [0.717, 1.165) is 128 Å². The third-order valence-electron chi connectivity index (χ3n) is 18.1. The molecule has 0 aromatic carbocycles. The van der Waals surface area contributed by atoms with Crippen LogP contribution in [0.5, 0.6) is 0 Å². The number of aliphatic hydroxyl groups excluding tert-OH is 6. The van der Waals surface area contributed by atoms with E-state index in [2.05, 4.69) is 76.3 Å². The highest BCUT2D eigenvalue weighted by molar-refractivity contribution is 5.88. The number of ketones is 4. The normalized spacial score (nSPS) is 13.5. The highest BCUT2D eigenvalue weighted by atomic mass is 16.4. The van der Waals surface area contributed by atoms with E-state index >= 15 is 0 Å². The zero-order valence-corrected chi connectivity index (χ0v) is 62.8.